The number of alkyl halides is 1. The highest BCUT2D eigenvalue weighted by atomic mass is 35.5. The van der Waals surface area contributed by atoms with Crippen molar-refractivity contribution in [1.82, 2.24) is 0 Å². The Morgan fingerprint density at radius 2 is 1.58 bits per heavy atom. The SMILES string of the molecule is ClC1CCOC(c2ccc(-c3ccccc3)cc2)C1. The van der Waals surface area contributed by atoms with Gasteiger partial charge in [0.1, 0.15) is 0 Å². The lowest BCUT2D eigenvalue weighted by Crippen LogP contribution is -2.19. The Hall–Kier alpha value is -1.31. The number of hydrogen-bond acceptors (Lipinski definition) is 1. The van der Waals surface area contributed by atoms with E-state index in [2.05, 4.69) is 48.5 Å². The van der Waals surface area contributed by atoms with E-state index >= 15 is 0 Å². The average molecular weight is 273 g/mol. The van der Waals surface area contributed by atoms with Gasteiger partial charge in [-0.05, 0) is 29.5 Å². The highest BCUT2D eigenvalue weighted by Crippen LogP contribution is 2.31. The van der Waals surface area contributed by atoms with Crippen molar-refractivity contribution >= 4 is 11.6 Å². The molecule has 0 aromatic heterocycles. The summed E-state index contributed by atoms with van der Waals surface area (Å²) in [5, 5.41) is 0.243. The first-order valence-electron chi connectivity index (χ1n) is 6.74. The van der Waals surface area contributed by atoms with E-state index in [0.717, 1.165) is 19.4 Å². The standard InChI is InChI=1S/C17H17ClO/c18-16-10-11-19-17(12-16)15-8-6-14(7-9-15)13-4-2-1-3-5-13/h1-9,16-17H,10-12H2. The highest BCUT2D eigenvalue weighted by Gasteiger charge is 2.22. The Morgan fingerprint density at radius 3 is 2.26 bits per heavy atom. The van der Waals surface area contributed by atoms with E-state index in [0.29, 0.717) is 0 Å². The van der Waals surface area contributed by atoms with Crippen molar-refractivity contribution in [2.75, 3.05) is 6.61 Å². The molecule has 0 N–H and O–H groups in total. The predicted molar refractivity (Wildman–Crippen MR) is 79.4 cm³/mol. The van der Waals surface area contributed by atoms with Crippen LogP contribution >= 0.6 is 11.6 Å². The summed E-state index contributed by atoms with van der Waals surface area (Å²) in [6.45, 7) is 0.763. The maximum absolute atomic E-state index is 6.21. The molecule has 0 radical (unpaired) electrons. The molecule has 0 aliphatic carbocycles. The quantitative estimate of drug-likeness (QED) is 0.713. The van der Waals surface area contributed by atoms with E-state index in [1.54, 1.807) is 0 Å². The Kier molecular flexibility index (Phi) is 3.86. The largest absolute Gasteiger partial charge is 0.373 e. The second kappa shape index (κ2) is 5.77. The second-order valence-electron chi connectivity index (χ2n) is 4.97. The van der Waals surface area contributed by atoms with Crippen LogP contribution in [0.4, 0.5) is 0 Å². The maximum Gasteiger partial charge on any atom is 0.0839 e. The third-order valence-corrected chi connectivity index (χ3v) is 4.01. The molecule has 2 heteroatoms. The van der Waals surface area contributed by atoms with Gasteiger partial charge in [0.2, 0.25) is 0 Å². The van der Waals surface area contributed by atoms with Gasteiger partial charge in [-0.3, -0.25) is 0 Å². The zero-order chi connectivity index (χ0) is 13.1. The zero-order valence-corrected chi connectivity index (χ0v) is 11.5. The first-order chi connectivity index (χ1) is 9.33. The number of ether oxygens (including phenoxy) is 1. The van der Waals surface area contributed by atoms with E-state index in [4.69, 9.17) is 16.3 Å². The Labute approximate surface area is 119 Å². The van der Waals surface area contributed by atoms with Gasteiger partial charge in [0.05, 0.1) is 6.10 Å². The Morgan fingerprint density at radius 1 is 0.895 bits per heavy atom. The van der Waals surface area contributed by atoms with E-state index in [1.807, 2.05) is 6.07 Å². The fraction of sp³-hybridized carbons (Fsp3) is 0.294. The second-order valence-corrected chi connectivity index (χ2v) is 5.59. The molecule has 1 aliphatic heterocycles. The van der Waals surface area contributed by atoms with Crippen molar-refractivity contribution < 1.29 is 4.74 Å². The molecule has 0 saturated carbocycles. The van der Waals surface area contributed by atoms with Crippen LogP contribution < -0.4 is 0 Å². The fourth-order valence-electron chi connectivity index (χ4n) is 2.51. The Balaban J connectivity index is 1.79. The van der Waals surface area contributed by atoms with Crippen LogP contribution in [0.5, 0.6) is 0 Å². The first kappa shape index (κ1) is 12.7. The van der Waals surface area contributed by atoms with Crippen LogP contribution in [-0.4, -0.2) is 12.0 Å². The molecule has 2 atom stereocenters. The van der Waals surface area contributed by atoms with E-state index in [1.165, 1.54) is 16.7 Å². The van der Waals surface area contributed by atoms with Crippen LogP contribution in [-0.2, 0) is 4.74 Å². The number of halogens is 1. The molecule has 1 aliphatic rings. The third kappa shape index (κ3) is 2.99. The summed E-state index contributed by atoms with van der Waals surface area (Å²) in [4.78, 5) is 0. The molecule has 2 aromatic rings. The van der Waals surface area contributed by atoms with Crippen LogP contribution in [0, 0.1) is 0 Å². The molecule has 2 unspecified atom stereocenters. The molecule has 1 saturated heterocycles. The van der Waals surface area contributed by atoms with Crippen molar-refractivity contribution in [1.29, 1.82) is 0 Å². The molecule has 1 nitrogen and oxygen atoms in total. The van der Waals surface area contributed by atoms with Crippen LogP contribution in [0.25, 0.3) is 11.1 Å². The fourth-order valence-corrected chi connectivity index (χ4v) is 2.76. The molecule has 19 heavy (non-hydrogen) atoms. The van der Waals surface area contributed by atoms with Gasteiger partial charge in [0, 0.05) is 12.0 Å². The van der Waals surface area contributed by atoms with Gasteiger partial charge in [-0.25, -0.2) is 0 Å². The van der Waals surface area contributed by atoms with Gasteiger partial charge in [0.25, 0.3) is 0 Å². The lowest BCUT2D eigenvalue weighted by atomic mass is 9.98. The summed E-state index contributed by atoms with van der Waals surface area (Å²) in [5.41, 5.74) is 3.71. The molecule has 3 rings (SSSR count). The van der Waals surface area contributed by atoms with Gasteiger partial charge in [-0.1, -0.05) is 54.6 Å². The van der Waals surface area contributed by atoms with Crippen LogP contribution in [0.2, 0.25) is 0 Å². The average Bonchev–Trinajstić information content (AvgIpc) is 2.48. The zero-order valence-electron chi connectivity index (χ0n) is 10.8. The van der Waals surface area contributed by atoms with Crippen LogP contribution in [0.1, 0.15) is 24.5 Å². The van der Waals surface area contributed by atoms with Crippen molar-refractivity contribution in [2.45, 2.75) is 24.3 Å². The van der Waals surface area contributed by atoms with E-state index < -0.39 is 0 Å². The van der Waals surface area contributed by atoms with Gasteiger partial charge in [-0.15, -0.1) is 11.6 Å². The summed E-state index contributed by atoms with van der Waals surface area (Å²) in [6, 6.07) is 19.0. The van der Waals surface area contributed by atoms with Crippen molar-refractivity contribution in [2.24, 2.45) is 0 Å². The highest BCUT2D eigenvalue weighted by molar-refractivity contribution is 6.20. The van der Waals surface area contributed by atoms with Gasteiger partial charge < -0.3 is 4.74 Å². The lowest BCUT2D eigenvalue weighted by Gasteiger charge is -2.26. The van der Waals surface area contributed by atoms with E-state index in [9.17, 15) is 0 Å². The molecule has 2 aromatic carbocycles. The summed E-state index contributed by atoms with van der Waals surface area (Å²) in [5.74, 6) is 0. The molecule has 0 spiro atoms. The van der Waals surface area contributed by atoms with Crippen LogP contribution in [0.3, 0.4) is 0 Å². The molecule has 0 amide bonds. The molecular weight excluding hydrogens is 256 g/mol. The van der Waals surface area contributed by atoms with Gasteiger partial charge >= 0.3 is 0 Å². The lowest BCUT2D eigenvalue weighted by molar-refractivity contribution is 0.0169. The number of hydrogen-bond donors (Lipinski definition) is 0. The summed E-state index contributed by atoms with van der Waals surface area (Å²) >= 11 is 6.21. The smallest absolute Gasteiger partial charge is 0.0839 e. The van der Waals surface area contributed by atoms with Crippen molar-refractivity contribution in [3.63, 3.8) is 0 Å². The summed E-state index contributed by atoms with van der Waals surface area (Å²) in [7, 11) is 0. The molecule has 1 fully saturated rings. The first-order valence-corrected chi connectivity index (χ1v) is 7.17. The Bertz CT molecular complexity index is 521. The molecule has 98 valence electrons. The molecular formula is C17H17ClO. The number of benzene rings is 2. The topological polar surface area (TPSA) is 9.23 Å². The third-order valence-electron chi connectivity index (χ3n) is 3.61. The van der Waals surface area contributed by atoms with E-state index in [-0.39, 0.29) is 11.5 Å². The van der Waals surface area contributed by atoms with Crippen molar-refractivity contribution in [3.8, 4) is 11.1 Å². The monoisotopic (exact) mass is 272 g/mol. The molecule has 1 heterocycles. The minimum atomic E-state index is 0.154. The maximum atomic E-state index is 6.21. The minimum Gasteiger partial charge on any atom is -0.373 e. The normalized spacial score (nSPS) is 23.2. The van der Waals surface area contributed by atoms with Crippen molar-refractivity contribution in [3.05, 3.63) is 60.2 Å². The predicted octanol–water partition coefficient (Wildman–Crippen LogP) is 4.81. The minimum absolute atomic E-state index is 0.154. The summed E-state index contributed by atoms with van der Waals surface area (Å²) in [6.07, 6.45) is 2.02. The van der Waals surface area contributed by atoms with Gasteiger partial charge in [0.15, 0.2) is 0 Å². The molecule has 0 bridgehead atoms. The summed E-state index contributed by atoms with van der Waals surface area (Å²) < 4.78 is 5.80. The van der Waals surface area contributed by atoms with Crippen LogP contribution in [0.15, 0.2) is 54.6 Å². The van der Waals surface area contributed by atoms with Gasteiger partial charge in [-0.2, -0.15) is 0 Å². The number of rotatable bonds is 2.